The number of alkyl halides is 3. The first kappa shape index (κ1) is 19.8. The smallest absolute Gasteiger partial charge is 0.351 e. The second-order valence-corrected chi connectivity index (χ2v) is 4.55. The van der Waals surface area contributed by atoms with Crippen LogP contribution in [0.25, 0.3) is 5.69 Å². The molecule has 0 spiro atoms. The van der Waals surface area contributed by atoms with Gasteiger partial charge in [0.05, 0.1) is 0 Å². The molecule has 1 aromatic heterocycles. The van der Waals surface area contributed by atoms with Gasteiger partial charge in [0.2, 0.25) is 0 Å². The quantitative estimate of drug-likeness (QED) is 0.624. The van der Waals surface area contributed by atoms with E-state index in [-0.39, 0.29) is 30.2 Å². The van der Waals surface area contributed by atoms with Crippen LogP contribution in [0.2, 0.25) is 0 Å². The summed E-state index contributed by atoms with van der Waals surface area (Å²) in [4.78, 5) is 11.9. The number of carbonyl (C=O) groups excluding carboxylic acids is 1. The highest BCUT2D eigenvalue weighted by atomic mass is 35.5. The molecule has 24 heavy (non-hydrogen) atoms. The van der Waals surface area contributed by atoms with Crippen molar-refractivity contribution in [3.8, 4) is 5.69 Å². The van der Waals surface area contributed by atoms with Crippen LogP contribution in [0.5, 0.6) is 0 Å². The molecule has 11 heteroatoms. The van der Waals surface area contributed by atoms with E-state index in [2.05, 4.69) is 15.6 Å². The Balaban J connectivity index is 0.00000288. The van der Waals surface area contributed by atoms with Crippen molar-refractivity contribution in [2.24, 2.45) is 5.73 Å². The molecule has 0 fully saturated rings. The van der Waals surface area contributed by atoms with Crippen LogP contribution in [-0.2, 0) is 6.18 Å². The molecule has 0 aliphatic carbocycles. The molecule has 1 aromatic carbocycles. The number of para-hydroxylation sites is 1. The number of nitrogens with one attached hydrogen (secondary N) is 1. The molecule has 0 radical (unpaired) electrons. The molecule has 0 saturated carbocycles. The molecule has 0 unspecified atom stereocenters. The average molecular weight is 368 g/mol. The van der Waals surface area contributed by atoms with E-state index >= 15 is 0 Å². The molecule has 0 aliphatic rings. The molecule has 6 nitrogen and oxygen atoms in total. The predicted molar refractivity (Wildman–Crippen MR) is 79.6 cm³/mol. The van der Waals surface area contributed by atoms with Gasteiger partial charge in [0, 0.05) is 6.54 Å². The highest BCUT2D eigenvalue weighted by Gasteiger charge is 2.42. The Bertz CT molecular complexity index is 704. The molecule has 3 N–H and O–H groups in total. The number of nitrogens with two attached hydrogens (primary N) is 1. The SMILES string of the molecule is Cl.NCCCNC(=O)c1nnn(-c2ccccc2F)c1C(F)(F)F. The third-order valence-corrected chi connectivity index (χ3v) is 2.90. The molecule has 0 bridgehead atoms. The predicted octanol–water partition coefficient (Wildman–Crippen LogP) is 1.93. The number of halogens is 5. The third kappa shape index (κ3) is 4.20. The van der Waals surface area contributed by atoms with Gasteiger partial charge in [0.1, 0.15) is 11.5 Å². The molecule has 0 aliphatic heterocycles. The number of rotatable bonds is 5. The van der Waals surface area contributed by atoms with Crippen molar-refractivity contribution >= 4 is 18.3 Å². The van der Waals surface area contributed by atoms with Crippen molar-refractivity contribution in [1.29, 1.82) is 0 Å². The van der Waals surface area contributed by atoms with Gasteiger partial charge in [-0.05, 0) is 25.1 Å². The lowest BCUT2D eigenvalue weighted by atomic mass is 10.2. The maximum Gasteiger partial charge on any atom is 0.435 e. The summed E-state index contributed by atoms with van der Waals surface area (Å²) in [6.07, 6.45) is -4.54. The van der Waals surface area contributed by atoms with Crippen LogP contribution in [0.15, 0.2) is 24.3 Å². The fourth-order valence-corrected chi connectivity index (χ4v) is 1.87. The Hall–Kier alpha value is -2.20. The summed E-state index contributed by atoms with van der Waals surface area (Å²) < 4.78 is 53.9. The number of aromatic nitrogens is 3. The first-order valence-electron chi connectivity index (χ1n) is 6.62. The molecule has 1 amide bonds. The molecule has 132 valence electrons. The lowest BCUT2D eigenvalue weighted by molar-refractivity contribution is -0.143. The van der Waals surface area contributed by atoms with E-state index in [9.17, 15) is 22.4 Å². The molecule has 2 aromatic rings. The number of benzene rings is 1. The fraction of sp³-hybridized carbons (Fsp3) is 0.308. The van der Waals surface area contributed by atoms with Crippen LogP contribution in [0.1, 0.15) is 22.6 Å². The molecule has 0 saturated heterocycles. The van der Waals surface area contributed by atoms with E-state index in [4.69, 9.17) is 5.73 Å². The minimum atomic E-state index is -4.94. The van der Waals surface area contributed by atoms with Crippen molar-refractivity contribution in [1.82, 2.24) is 20.3 Å². The highest BCUT2D eigenvalue weighted by molar-refractivity contribution is 5.93. The summed E-state index contributed by atoms with van der Waals surface area (Å²) in [5, 5.41) is 8.81. The second-order valence-electron chi connectivity index (χ2n) is 4.55. The standard InChI is InChI=1S/C13H13F4N5O.ClH/c14-8-4-1-2-5-9(8)22-11(13(15,16)17)10(20-21-22)12(23)19-7-3-6-18;/h1-2,4-5H,3,6-7,18H2,(H,19,23);1H. The second kappa shape index (κ2) is 8.06. The zero-order valence-corrected chi connectivity index (χ0v) is 13.0. The van der Waals surface area contributed by atoms with E-state index in [1.165, 1.54) is 12.1 Å². The monoisotopic (exact) mass is 367 g/mol. The zero-order valence-electron chi connectivity index (χ0n) is 12.2. The summed E-state index contributed by atoms with van der Waals surface area (Å²) in [5.41, 5.74) is 2.44. The normalized spacial score (nSPS) is 11.0. The van der Waals surface area contributed by atoms with E-state index in [1.807, 2.05) is 0 Å². The summed E-state index contributed by atoms with van der Waals surface area (Å²) in [6.45, 7) is 0.369. The van der Waals surface area contributed by atoms with Gasteiger partial charge in [-0.2, -0.15) is 13.2 Å². The molecule has 2 rings (SSSR count). The zero-order chi connectivity index (χ0) is 17.0. The van der Waals surface area contributed by atoms with Crippen molar-refractivity contribution in [2.75, 3.05) is 13.1 Å². The van der Waals surface area contributed by atoms with Crippen molar-refractivity contribution in [3.63, 3.8) is 0 Å². The van der Waals surface area contributed by atoms with Gasteiger partial charge in [-0.1, -0.05) is 17.3 Å². The number of hydrogen-bond acceptors (Lipinski definition) is 4. The number of hydrogen-bond donors (Lipinski definition) is 2. The summed E-state index contributed by atoms with van der Waals surface area (Å²) in [5.74, 6) is -1.97. The Labute approximate surface area is 140 Å². The Morgan fingerprint density at radius 3 is 2.54 bits per heavy atom. The summed E-state index contributed by atoms with van der Waals surface area (Å²) >= 11 is 0. The maximum absolute atomic E-state index is 13.7. The van der Waals surface area contributed by atoms with E-state index in [0.29, 0.717) is 6.42 Å². The number of nitrogens with zero attached hydrogens (tertiary/aromatic N) is 3. The van der Waals surface area contributed by atoms with Crippen LogP contribution in [0, 0.1) is 5.82 Å². The van der Waals surface area contributed by atoms with Gasteiger partial charge in [-0.15, -0.1) is 17.5 Å². The van der Waals surface area contributed by atoms with Crippen LogP contribution in [0.3, 0.4) is 0 Å². The number of carbonyl (C=O) groups is 1. The Morgan fingerprint density at radius 1 is 1.29 bits per heavy atom. The van der Waals surface area contributed by atoms with Crippen LogP contribution in [0.4, 0.5) is 17.6 Å². The molecular formula is C13H14ClF4N5O. The molecular weight excluding hydrogens is 354 g/mol. The average Bonchev–Trinajstić information content (AvgIpc) is 2.93. The van der Waals surface area contributed by atoms with Crippen molar-refractivity contribution in [3.05, 3.63) is 41.5 Å². The van der Waals surface area contributed by atoms with Gasteiger partial charge >= 0.3 is 6.18 Å². The fourth-order valence-electron chi connectivity index (χ4n) is 1.87. The first-order chi connectivity index (χ1) is 10.9. The van der Waals surface area contributed by atoms with Crippen molar-refractivity contribution < 1.29 is 22.4 Å². The largest absolute Gasteiger partial charge is 0.435 e. The van der Waals surface area contributed by atoms with Crippen molar-refractivity contribution in [2.45, 2.75) is 12.6 Å². The molecule has 0 atom stereocenters. The Kier molecular flexibility index (Phi) is 6.67. The van der Waals surface area contributed by atoms with Gasteiger partial charge in [0.25, 0.3) is 5.91 Å². The van der Waals surface area contributed by atoms with Gasteiger partial charge in [-0.25, -0.2) is 9.07 Å². The Morgan fingerprint density at radius 2 is 1.96 bits per heavy atom. The van der Waals surface area contributed by atoms with E-state index in [1.54, 1.807) is 0 Å². The van der Waals surface area contributed by atoms with E-state index in [0.717, 1.165) is 12.1 Å². The van der Waals surface area contributed by atoms with Crippen LogP contribution in [-0.4, -0.2) is 34.0 Å². The topological polar surface area (TPSA) is 85.8 Å². The summed E-state index contributed by atoms with van der Waals surface area (Å²) in [7, 11) is 0. The maximum atomic E-state index is 13.7. The van der Waals surface area contributed by atoms with Gasteiger partial charge < -0.3 is 11.1 Å². The minimum Gasteiger partial charge on any atom is -0.351 e. The highest BCUT2D eigenvalue weighted by Crippen LogP contribution is 2.33. The molecule has 1 heterocycles. The van der Waals surface area contributed by atoms with Crippen LogP contribution < -0.4 is 11.1 Å². The third-order valence-electron chi connectivity index (χ3n) is 2.90. The minimum absolute atomic E-state index is 0. The van der Waals surface area contributed by atoms with E-state index < -0.39 is 35.0 Å². The lowest BCUT2D eigenvalue weighted by Crippen LogP contribution is -2.29. The van der Waals surface area contributed by atoms with Gasteiger partial charge in [-0.3, -0.25) is 4.79 Å². The summed E-state index contributed by atoms with van der Waals surface area (Å²) in [6, 6.07) is 4.76. The first-order valence-corrected chi connectivity index (χ1v) is 6.62. The number of amides is 1. The van der Waals surface area contributed by atoms with Gasteiger partial charge in [0.15, 0.2) is 11.4 Å². The van der Waals surface area contributed by atoms with Crippen LogP contribution >= 0.6 is 12.4 Å². The lowest BCUT2D eigenvalue weighted by Gasteiger charge is -2.11.